The van der Waals surface area contributed by atoms with E-state index < -0.39 is 0 Å². The monoisotopic (exact) mass is 253 g/mol. The van der Waals surface area contributed by atoms with Crippen LogP contribution in [0.3, 0.4) is 0 Å². The van der Waals surface area contributed by atoms with Crippen LogP contribution in [-0.4, -0.2) is 6.54 Å². The fourth-order valence-electron chi connectivity index (χ4n) is 3.55. The molecule has 1 atom stereocenters. The summed E-state index contributed by atoms with van der Waals surface area (Å²) >= 11 is 0. The van der Waals surface area contributed by atoms with Crippen molar-refractivity contribution in [3.63, 3.8) is 0 Å². The molecule has 1 nitrogen and oxygen atoms in total. The van der Waals surface area contributed by atoms with Gasteiger partial charge in [0.05, 0.1) is 0 Å². The third-order valence-corrected chi connectivity index (χ3v) is 4.68. The van der Waals surface area contributed by atoms with Gasteiger partial charge in [-0.15, -0.1) is 0 Å². The lowest BCUT2D eigenvalue weighted by molar-refractivity contribution is 0.281. The molecule has 0 radical (unpaired) electrons. The summed E-state index contributed by atoms with van der Waals surface area (Å²) in [4.78, 5) is 0. The molecular formula is C17H35N. The molecule has 0 saturated heterocycles. The first kappa shape index (κ1) is 16.0. The molecule has 0 heterocycles. The number of nitrogens with two attached hydrogens (primary N) is 1. The molecule has 0 aromatic rings. The maximum absolute atomic E-state index is 5.79. The summed E-state index contributed by atoms with van der Waals surface area (Å²) in [6, 6.07) is 0. The predicted octanol–water partition coefficient (Wildman–Crippen LogP) is 5.28. The fraction of sp³-hybridized carbons (Fsp3) is 1.00. The average molecular weight is 253 g/mol. The highest BCUT2D eigenvalue weighted by Crippen LogP contribution is 2.30. The maximum atomic E-state index is 5.79. The smallest absolute Gasteiger partial charge is 0.00746 e. The number of rotatable bonds is 8. The molecule has 2 N–H and O–H groups in total. The van der Waals surface area contributed by atoms with Gasteiger partial charge in [-0.2, -0.15) is 0 Å². The zero-order chi connectivity index (χ0) is 13.1. The van der Waals surface area contributed by atoms with Crippen LogP contribution in [-0.2, 0) is 0 Å². The summed E-state index contributed by atoms with van der Waals surface area (Å²) in [5.74, 6) is 1.94. The van der Waals surface area contributed by atoms with E-state index in [1.165, 1.54) is 83.5 Å². The first-order valence-electron chi connectivity index (χ1n) is 8.56. The van der Waals surface area contributed by atoms with Crippen LogP contribution >= 0.6 is 0 Å². The predicted molar refractivity (Wildman–Crippen MR) is 81.7 cm³/mol. The van der Waals surface area contributed by atoms with Crippen LogP contribution in [0.5, 0.6) is 0 Å². The Morgan fingerprint density at radius 3 is 2.22 bits per heavy atom. The Morgan fingerprint density at radius 1 is 0.944 bits per heavy atom. The number of unbranched alkanes of at least 4 members (excludes halogenated alkanes) is 2. The third kappa shape index (κ3) is 7.41. The number of hydrogen-bond acceptors (Lipinski definition) is 1. The topological polar surface area (TPSA) is 26.0 Å². The molecule has 1 heteroatoms. The van der Waals surface area contributed by atoms with Gasteiger partial charge >= 0.3 is 0 Å². The van der Waals surface area contributed by atoms with Crippen molar-refractivity contribution in [1.82, 2.24) is 0 Å². The zero-order valence-electron chi connectivity index (χ0n) is 12.6. The van der Waals surface area contributed by atoms with E-state index in [1.54, 1.807) is 0 Å². The lowest BCUT2D eigenvalue weighted by Gasteiger charge is -2.25. The molecule has 108 valence electrons. The molecule has 18 heavy (non-hydrogen) atoms. The van der Waals surface area contributed by atoms with Crippen LogP contribution in [0.1, 0.15) is 90.4 Å². The minimum absolute atomic E-state index is 0.892. The van der Waals surface area contributed by atoms with Gasteiger partial charge < -0.3 is 5.73 Å². The van der Waals surface area contributed by atoms with Crippen LogP contribution in [0, 0.1) is 11.8 Å². The van der Waals surface area contributed by atoms with E-state index in [0.29, 0.717) is 0 Å². The van der Waals surface area contributed by atoms with Crippen LogP contribution in [0.15, 0.2) is 0 Å². The molecule has 0 amide bonds. The van der Waals surface area contributed by atoms with Crippen LogP contribution in [0.25, 0.3) is 0 Å². The molecule has 1 rings (SSSR count). The Bertz CT molecular complexity index is 170. The van der Waals surface area contributed by atoms with Gasteiger partial charge in [0.1, 0.15) is 0 Å². The molecule has 1 aliphatic carbocycles. The molecule has 0 aromatic carbocycles. The van der Waals surface area contributed by atoms with Crippen molar-refractivity contribution in [3.8, 4) is 0 Å². The van der Waals surface area contributed by atoms with Gasteiger partial charge in [-0.1, -0.05) is 77.6 Å². The average Bonchev–Trinajstić information content (AvgIpc) is 2.33. The van der Waals surface area contributed by atoms with Gasteiger partial charge in [0, 0.05) is 0 Å². The highest BCUT2D eigenvalue weighted by atomic mass is 14.5. The fourth-order valence-corrected chi connectivity index (χ4v) is 3.55. The molecular weight excluding hydrogens is 218 g/mol. The SMILES string of the molecule is CCCCCC(CCN)CC1CCCCCCC1. The molecule has 1 aliphatic rings. The lowest BCUT2D eigenvalue weighted by atomic mass is 9.81. The second-order valence-electron chi connectivity index (χ2n) is 6.39. The Balaban J connectivity index is 2.27. The standard InChI is InChI=1S/C17H35N/c1-2-3-7-10-17(13-14-18)15-16-11-8-5-4-6-9-12-16/h16-17H,2-15,18H2,1H3. The van der Waals surface area contributed by atoms with Crippen molar-refractivity contribution in [2.45, 2.75) is 90.4 Å². The van der Waals surface area contributed by atoms with E-state index in [9.17, 15) is 0 Å². The minimum Gasteiger partial charge on any atom is -0.330 e. The normalized spacial score (nSPS) is 20.3. The van der Waals surface area contributed by atoms with E-state index >= 15 is 0 Å². The first-order valence-corrected chi connectivity index (χ1v) is 8.56. The number of hydrogen-bond donors (Lipinski definition) is 1. The van der Waals surface area contributed by atoms with Crippen LogP contribution in [0.2, 0.25) is 0 Å². The molecule has 1 unspecified atom stereocenters. The van der Waals surface area contributed by atoms with Crippen molar-refractivity contribution in [2.75, 3.05) is 6.54 Å². The molecule has 0 aliphatic heterocycles. The van der Waals surface area contributed by atoms with Gasteiger partial charge in [0.15, 0.2) is 0 Å². The van der Waals surface area contributed by atoms with Crippen LogP contribution < -0.4 is 5.73 Å². The maximum Gasteiger partial charge on any atom is -0.00746 e. The molecule has 0 bridgehead atoms. The van der Waals surface area contributed by atoms with Gasteiger partial charge in [-0.25, -0.2) is 0 Å². The lowest BCUT2D eigenvalue weighted by Crippen LogP contribution is -2.14. The Morgan fingerprint density at radius 2 is 1.61 bits per heavy atom. The van der Waals surface area contributed by atoms with E-state index in [0.717, 1.165) is 18.4 Å². The Labute approximate surface area is 115 Å². The first-order chi connectivity index (χ1) is 8.86. The molecule has 1 fully saturated rings. The van der Waals surface area contributed by atoms with Crippen molar-refractivity contribution >= 4 is 0 Å². The van der Waals surface area contributed by atoms with Crippen molar-refractivity contribution in [3.05, 3.63) is 0 Å². The van der Waals surface area contributed by atoms with Gasteiger partial charge in [0.25, 0.3) is 0 Å². The van der Waals surface area contributed by atoms with Crippen molar-refractivity contribution in [1.29, 1.82) is 0 Å². The highest BCUT2D eigenvalue weighted by molar-refractivity contribution is 4.70. The van der Waals surface area contributed by atoms with E-state index in [-0.39, 0.29) is 0 Å². The summed E-state index contributed by atoms with van der Waals surface area (Å²) < 4.78 is 0. The summed E-state index contributed by atoms with van der Waals surface area (Å²) in [5.41, 5.74) is 5.79. The van der Waals surface area contributed by atoms with Crippen LogP contribution in [0.4, 0.5) is 0 Å². The summed E-state index contributed by atoms with van der Waals surface area (Å²) in [5, 5.41) is 0. The van der Waals surface area contributed by atoms with Gasteiger partial charge in [-0.3, -0.25) is 0 Å². The third-order valence-electron chi connectivity index (χ3n) is 4.68. The minimum atomic E-state index is 0.892. The van der Waals surface area contributed by atoms with Crippen molar-refractivity contribution < 1.29 is 0 Å². The van der Waals surface area contributed by atoms with E-state index in [1.807, 2.05) is 0 Å². The summed E-state index contributed by atoms with van der Waals surface area (Å²) in [7, 11) is 0. The highest BCUT2D eigenvalue weighted by Gasteiger charge is 2.17. The van der Waals surface area contributed by atoms with Crippen molar-refractivity contribution in [2.24, 2.45) is 17.6 Å². The second-order valence-corrected chi connectivity index (χ2v) is 6.39. The quantitative estimate of drug-likeness (QED) is 0.585. The Hall–Kier alpha value is -0.0400. The van der Waals surface area contributed by atoms with Gasteiger partial charge in [-0.05, 0) is 31.2 Å². The second kappa shape index (κ2) is 10.8. The van der Waals surface area contributed by atoms with E-state index in [4.69, 9.17) is 5.73 Å². The zero-order valence-corrected chi connectivity index (χ0v) is 12.6. The Kier molecular flexibility index (Phi) is 9.65. The molecule has 0 aromatic heterocycles. The molecule has 1 saturated carbocycles. The summed E-state index contributed by atoms with van der Waals surface area (Å²) in [6.07, 6.45) is 18.7. The summed E-state index contributed by atoms with van der Waals surface area (Å²) in [6.45, 7) is 3.19. The largest absolute Gasteiger partial charge is 0.330 e. The van der Waals surface area contributed by atoms with Gasteiger partial charge in [0.2, 0.25) is 0 Å². The van der Waals surface area contributed by atoms with E-state index in [2.05, 4.69) is 6.92 Å². The molecule has 0 spiro atoms.